The quantitative estimate of drug-likeness (QED) is 0.558. The van der Waals surface area contributed by atoms with Crippen LogP contribution in [0.5, 0.6) is 0 Å². The van der Waals surface area contributed by atoms with Crippen molar-refractivity contribution in [2.24, 2.45) is 0 Å². The SMILES string of the molecule is O=[N+]([O-])c1cnc(-c2ccsc2)nc1. The number of hydrogen-bond acceptors (Lipinski definition) is 5. The summed E-state index contributed by atoms with van der Waals surface area (Å²) in [4.78, 5) is 17.6. The molecule has 0 unspecified atom stereocenters. The van der Waals surface area contributed by atoms with Crippen molar-refractivity contribution in [3.8, 4) is 11.4 Å². The molecule has 0 atom stereocenters. The summed E-state index contributed by atoms with van der Waals surface area (Å²) >= 11 is 1.53. The maximum Gasteiger partial charge on any atom is 0.305 e. The van der Waals surface area contributed by atoms with Crippen LogP contribution in [0.4, 0.5) is 5.69 Å². The summed E-state index contributed by atoms with van der Waals surface area (Å²) in [6.07, 6.45) is 2.42. The summed E-state index contributed by atoms with van der Waals surface area (Å²) in [5.74, 6) is 0.511. The van der Waals surface area contributed by atoms with Crippen LogP contribution in [0.15, 0.2) is 29.2 Å². The molecule has 6 heteroatoms. The van der Waals surface area contributed by atoms with Gasteiger partial charge in [-0.15, -0.1) is 0 Å². The summed E-state index contributed by atoms with van der Waals surface area (Å²) in [7, 11) is 0. The standard InChI is InChI=1S/C8H5N3O2S/c12-11(13)7-3-9-8(10-4-7)6-1-2-14-5-6/h1-5H. The maximum absolute atomic E-state index is 10.3. The zero-order chi connectivity index (χ0) is 9.97. The van der Waals surface area contributed by atoms with Gasteiger partial charge in [-0.05, 0) is 11.4 Å². The summed E-state index contributed by atoms with van der Waals surface area (Å²) in [5, 5.41) is 14.1. The molecule has 0 N–H and O–H groups in total. The van der Waals surface area contributed by atoms with Gasteiger partial charge in [0.25, 0.3) is 0 Å². The molecule has 14 heavy (non-hydrogen) atoms. The fourth-order valence-corrected chi connectivity index (χ4v) is 1.59. The number of rotatable bonds is 2. The Morgan fingerprint density at radius 2 is 2.07 bits per heavy atom. The highest BCUT2D eigenvalue weighted by Gasteiger charge is 2.07. The van der Waals surface area contributed by atoms with Crippen molar-refractivity contribution < 1.29 is 4.92 Å². The molecule has 0 fully saturated rings. The van der Waals surface area contributed by atoms with E-state index in [4.69, 9.17) is 0 Å². The molecule has 0 saturated heterocycles. The van der Waals surface area contributed by atoms with E-state index in [1.165, 1.54) is 23.7 Å². The van der Waals surface area contributed by atoms with E-state index in [1.54, 1.807) is 0 Å². The van der Waals surface area contributed by atoms with Crippen molar-refractivity contribution in [1.82, 2.24) is 9.97 Å². The van der Waals surface area contributed by atoms with E-state index >= 15 is 0 Å². The smallest absolute Gasteiger partial charge is 0.258 e. The molecule has 2 heterocycles. The molecule has 2 aromatic heterocycles. The molecule has 2 rings (SSSR count). The lowest BCUT2D eigenvalue weighted by molar-refractivity contribution is -0.385. The number of nitro groups is 1. The van der Waals surface area contributed by atoms with Crippen molar-refractivity contribution in [3.05, 3.63) is 39.3 Å². The summed E-state index contributed by atoms with van der Waals surface area (Å²) in [5.41, 5.74) is 0.786. The molecule has 0 aromatic carbocycles. The van der Waals surface area contributed by atoms with Crippen LogP contribution >= 0.6 is 11.3 Å². The Bertz CT molecular complexity index is 438. The Morgan fingerprint density at radius 3 is 2.57 bits per heavy atom. The Labute approximate surface area is 83.2 Å². The highest BCUT2D eigenvalue weighted by atomic mass is 32.1. The van der Waals surface area contributed by atoms with Crippen LogP contribution in [0, 0.1) is 10.1 Å². The van der Waals surface area contributed by atoms with Crippen LogP contribution in [0.25, 0.3) is 11.4 Å². The first-order valence-electron chi connectivity index (χ1n) is 3.76. The minimum Gasteiger partial charge on any atom is -0.258 e. The van der Waals surface area contributed by atoms with E-state index in [0.29, 0.717) is 5.82 Å². The van der Waals surface area contributed by atoms with E-state index in [9.17, 15) is 10.1 Å². The molecular weight excluding hydrogens is 202 g/mol. The Balaban J connectivity index is 2.36. The molecule has 0 aliphatic carbocycles. The molecule has 0 bridgehead atoms. The van der Waals surface area contributed by atoms with Crippen LogP contribution in [0.3, 0.4) is 0 Å². The van der Waals surface area contributed by atoms with E-state index in [1.807, 2.05) is 16.8 Å². The second kappa shape index (κ2) is 3.51. The molecule has 0 aliphatic rings. The third kappa shape index (κ3) is 1.60. The van der Waals surface area contributed by atoms with Gasteiger partial charge in [-0.2, -0.15) is 11.3 Å². The first kappa shape index (κ1) is 8.76. The number of aromatic nitrogens is 2. The van der Waals surface area contributed by atoms with Crippen molar-refractivity contribution >= 4 is 17.0 Å². The molecule has 70 valence electrons. The van der Waals surface area contributed by atoms with Gasteiger partial charge in [-0.25, -0.2) is 9.97 Å². The fraction of sp³-hybridized carbons (Fsp3) is 0. The van der Waals surface area contributed by atoms with Crippen molar-refractivity contribution in [2.75, 3.05) is 0 Å². The first-order chi connectivity index (χ1) is 6.77. The molecule has 0 spiro atoms. The lowest BCUT2D eigenvalue weighted by Gasteiger charge is -1.94. The van der Waals surface area contributed by atoms with Gasteiger partial charge >= 0.3 is 5.69 Å². The normalized spacial score (nSPS) is 10.0. The maximum atomic E-state index is 10.3. The number of hydrogen-bond donors (Lipinski definition) is 0. The van der Waals surface area contributed by atoms with E-state index in [0.717, 1.165) is 5.56 Å². The van der Waals surface area contributed by atoms with Crippen LogP contribution < -0.4 is 0 Å². The van der Waals surface area contributed by atoms with Gasteiger partial charge < -0.3 is 0 Å². The average molecular weight is 207 g/mol. The highest BCUT2D eigenvalue weighted by Crippen LogP contribution is 2.18. The van der Waals surface area contributed by atoms with Crippen LogP contribution in [-0.2, 0) is 0 Å². The van der Waals surface area contributed by atoms with Crippen molar-refractivity contribution in [1.29, 1.82) is 0 Å². The van der Waals surface area contributed by atoms with Crippen molar-refractivity contribution in [2.45, 2.75) is 0 Å². The topological polar surface area (TPSA) is 68.9 Å². The largest absolute Gasteiger partial charge is 0.305 e. The first-order valence-corrected chi connectivity index (χ1v) is 4.70. The molecule has 0 saturated carbocycles. The summed E-state index contributed by atoms with van der Waals surface area (Å²) in [6.45, 7) is 0. The lowest BCUT2D eigenvalue weighted by Crippen LogP contribution is -1.92. The second-order valence-corrected chi connectivity index (χ2v) is 3.31. The van der Waals surface area contributed by atoms with Gasteiger partial charge in [-0.1, -0.05) is 0 Å². The molecule has 0 amide bonds. The van der Waals surface area contributed by atoms with Crippen LogP contribution in [0.1, 0.15) is 0 Å². The average Bonchev–Trinajstić information content (AvgIpc) is 2.71. The van der Waals surface area contributed by atoms with Crippen LogP contribution in [-0.4, -0.2) is 14.9 Å². The third-order valence-electron chi connectivity index (χ3n) is 1.63. The minimum absolute atomic E-state index is 0.0935. The monoisotopic (exact) mass is 207 g/mol. The number of nitrogens with zero attached hydrogens (tertiary/aromatic N) is 3. The zero-order valence-electron chi connectivity index (χ0n) is 6.95. The van der Waals surface area contributed by atoms with Gasteiger partial charge in [0.1, 0.15) is 12.4 Å². The molecule has 5 nitrogen and oxygen atoms in total. The van der Waals surface area contributed by atoms with Crippen molar-refractivity contribution in [3.63, 3.8) is 0 Å². The van der Waals surface area contributed by atoms with Gasteiger partial charge in [0.05, 0.1) is 4.92 Å². The van der Waals surface area contributed by atoms with Gasteiger partial charge in [-0.3, -0.25) is 10.1 Å². The summed E-state index contributed by atoms with van der Waals surface area (Å²) in [6, 6.07) is 1.87. The molecule has 0 radical (unpaired) electrons. The van der Waals surface area contributed by atoms with Gasteiger partial charge in [0.15, 0.2) is 5.82 Å². The Kier molecular flexibility index (Phi) is 2.19. The second-order valence-electron chi connectivity index (χ2n) is 2.53. The zero-order valence-corrected chi connectivity index (χ0v) is 7.77. The summed E-state index contributed by atoms with van der Waals surface area (Å²) < 4.78 is 0. The van der Waals surface area contributed by atoms with E-state index in [2.05, 4.69) is 9.97 Å². The molecule has 2 aromatic rings. The third-order valence-corrected chi connectivity index (χ3v) is 2.31. The van der Waals surface area contributed by atoms with E-state index < -0.39 is 4.92 Å². The van der Waals surface area contributed by atoms with Crippen LogP contribution in [0.2, 0.25) is 0 Å². The molecule has 0 aliphatic heterocycles. The van der Waals surface area contributed by atoms with Gasteiger partial charge in [0, 0.05) is 10.9 Å². The minimum atomic E-state index is -0.516. The Hall–Kier alpha value is -1.82. The molecular formula is C8H5N3O2S. The lowest BCUT2D eigenvalue weighted by atomic mass is 10.3. The highest BCUT2D eigenvalue weighted by molar-refractivity contribution is 7.08. The van der Waals surface area contributed by atoms with E-state index in [-0.39, 0.29) is 5.69 Å². The number of thiophene rings is 1. The Morgan fingerprint density at radius 1 is 1.36 bits per heavy atom. The predicted molar refractivity (Wildman–Crippen MR) is 52.0 cm³/mol. The van der Waals surface area contributed by atoms with Gasteiger partial charge in [0.2, 0.25) is 0 Å². The predicted octanol–water partition coefficient (Wildman–Crippen LogP) is 2.11. The fourth-order valence-electron chi connectivity index (χ4n) is 0.956.